The van der Waals surface area contributed by atoms with Crippen LogP contribution in [0.3, 0.4) is 0 Å². The van der Waals surface area contributed by atoms with Crippen LogP contribution in [-0.2, 0) is 26.2 Å². The Hall–Kier alpha value is -2.72. The third kappa shape index (κ3) is 7.39. The molecular formula is C25H30ClF2N3O4S. The van der Waals surface area contributed by atoms with E-state index in [1.807, 2.05) is 0 Å². The van der Waals surface area contributed by atoms with Gasteiger partial charge >= 0.3 is 0 Å². The largest absolute Gasteiger partial charge is 0.352 e. The number of nitrogens with one attached hydrogen (secondary N) is 1. The van der Waals surface area contributed by atoms with Gasteiger partial charge in [-0.25, -0.2) is 17.2 Å². The van der Waals surface area contributed by atoms with Crippen molar-refractivity contribution in [3.63, 3.8) is 0 Å². The highest BCUT2D eigenvalue weighted by molar-refractivity contribution is 7.92. The molecule has 7 nitrogen and oxygen atoms in total. The third-order valence-corrected chi connectivity index (χ3v) is 7.65. The lowest BCUT2D eigenvalue weighted by Crippen LogP contribution is -2.53. The third-order valence-electron chi connectivity index (χ3n) is 6.26. The van der Waals surface area contributed by atoms with Gasteiger partial charge in [-0.3, -0.25) is 13.9 Å². The van der Waals surface area contributed by atoms with Crippen molar-refractivity contribution in [1.29, 1.82) is 0 Å². The molecule has 0 bridgehead atoms. The summed E-state index contributed by atoms with van der Waals surface area (Å²) in [4.78, 5) is 27.8. The number of anilines is 1. The van der Waals surface area contributed by atoms with Crippen molar-refractivity contribution in [2.24, 2.45) is 0 Å². The Morgan fingerprint density at radius 3 is 2.28 bits per heavy atom. The number of amides is 2. The smallest absolute Gasteiger partial charge is 0.244 e. The molecule has 0 radical (unpaired) electrons. The van der Waals surface area contributed by atoms with Crippen molar-refractivity contribution in [1.82, 2.24) is 10.2 Å². The lowest BCUT2D eigenvalue weighted by Gasteiger charge is -2.33. The highest BCUT2D eigenvalue weighted by Crippen LogP contribution is 2.22. The zero-order chi connectivity index (χ0) is 26.5. The molecule has 0 aromatic heterocycles. The van der Waals surface area contributed by atoms with Gasteiger partial charge < -0.3 is 10.2 Å². The summed E-state index contributed by atoms with van der Waals surface area (Å²) in [5.41, 5.74) is 0.485. The molecule has 0 heterocycles. The number of halogens is 3. The van der Waals surface area contributed by atoms with E-state index in [2.05, 4.69) is 5.32 Å². The number of hydrogen-bond donors (Lipinski definition) is 1. The van der Waals surface area contributed by atoms with Gasteiger partial charge in [-0.05, 0) is 49.6 Å². The van der Waals surface area contributed by atoms with Crippen molar-refractivity contribution in [2.45, 2.75) is 57.7 Å². The Bertz CT molecular complexity index is 1190. The highest BCUT2D eigenvalue weighted by atomic mass is 35.5. The van der Waals surface area contributed by atoms with E-state index in [0.29, 0.717) is 21.0 Å². The van der Waals surface area contributed by atoms with Crippen molar-refractivity contribution in [3.8, 4) is 0 Å². The minimum atomic E-state index is -4.04. The van der Waals surface area contributed by atoms with Crippen molar-refractivity contribution in [2.75, 3.05) is 17.1 Å². The molecule has 2 aromatic carbocycles. The minimum Gasteiger partial charge on any atom is -0.352 e. The summed E-state index contributed by atoms with van der Waals surface area (Å²) < 4.78 is 53.0. The first kappa shape index (κ1) is 27.9. The summed E-state index contributed by atoms with van der Waals surface area (Å²) in [6, 6.07) is 8.40. The number of carbonyl (C=O) groups excluding carboxylic acids is 2. The molecule has 3 rings (SSSR count). The normalized spacial score (nSPS) is 15.2. The molecule has 0 unspecified atom stereocenters. The van der Waals surface area contributed by atoms with Gasteiger partial charge in [-0.15, -0.1) is 0 Å². The molecular weight excluding hydrogens is 512 g/mol. The van der Waals surface area contributed by atoms with E-state index in [4.69, 9.17) is 11.6 Å². The minimum absolute atomic E-state index is 0.0185. The molecule has 0 saturated heterocycles. The average molecular weight is 542 g/mol. The molecule has 196 valence electrons. The summed E-state index contributed by atoms with van der Waals surface area (Å²) in [5, 5.41) is 3.50. The Morgan fingerprint density at radius 2 is 1.69 bits per heavy atom. The maximum absolute atomic E-state index is 13.8. The zero-order valence-corrected chi connectivity index (χ0v) is 21.8. The summed E-state index contributed by atoms with van der Waals surface area (Å²) in [7, 11) is -4.04. The van der Waals surface area contributed by atoms with Gasteiger partial charge in [-0.2, -0.15) is 0 Å². The Balaban J connectivity index is 1.87. The monoisotopic (exact) mass is 541 g/mol. The van der Waals surface area contributed by atoms with Gasteiger partial charge in [0.1, 0.15) is 12.6 Å². The van der Waals surface area contributed by atoms with Crippen LogP contribution in [-0.4, -0.2) is 50.0 Å². The number of carbonyl (C=O) groups is 2. The fraction of sp³-hybridized carbons (Fsp3) is 0.440. The summed E-state index contributed by atoms with van der Waals surface area (Å²) in [6.07, 6.45) is 5.75. The van der Waals surface area contributed by atoms with Gasteiger partial charge in [0.25, 0.3) is 0 Å². The van der Waals surface area contributed by atoms with E-state index in [9.17, 15) is 26.8 Å². The van der Waals surface area contributed by atoms with E-state index < -0.39 is 40.2 Å². The van der Waals surface area contributed by atoms with E-state index in [1.54, 1.807) is 31.2 Å². The first-order chi connectivity index (χ1) is 17.0. The quantitative estimate of drug-likeness (QED) is 0.514. The summed E-state index contributed by atoms with van der Waals surface area (Å²) in [6.45, 7) is 0.900. The van der Waals surface area contributed by atoms with Gasteiger partial charge in [0, 0.05) is 23.7 Å². The van der Waals surface area contributed by atoms with Crippen molar-refractivity contribution in [3.05, 3.63) is 64.7 Å². The zero-order valence-electron chi connectivity index (χ0n) is 20.2. The Kier molecular flexibility index (Phi) is 9.30. The number of nitrogens with zero attached hydrogens (tertiary/aromatic N) is 2. The second-order valence-corrected chi connectivity index (χ2v) is 11.4. The van der Waals surface area contributed by atoms with Crippen LogP contribution in [0.1, 0.15) is 44.6 Å². The molecule has 1 N–H and O–H groups in total. The summed E-state index contributed by atoms with van der Waals surface area (Å²) >= 11 is 5.97. The molecule has 1 fully saturated rings. The molecule has 1 atom stereocenters. The van der Waals surface area contributed by atoms with Crippen LogP contribution in [0.25, 0.3) is 0 Å². The van der Waals surface area contributed by atoms with Crippen LogP contribution < -0.4 is 9.62 Å². The molecule has 1 aliphatic rings. The number of sulfonamides is 1. The molecule has 1 saturated carbocycles. The van der Waals surface area contributed by atoms with Gasteiger partial charge in [0.05, 0.1) is 11.9 Å². The standard InChI is InChI=1S/C25H30ClF2N3O4S/c1-17(25(33)29-20-6-4-3-5-7-20)30(15-18-8-10-19(26)11-9-18)24(32)16-31(36(2,34)35)21-12-13-22(27)23(28)14-21/h8-14,17,20H,3-7,15-16H2,1-2H3,(H,29,33)/t17-/m0/s1. The number of benzene rings is 2. The molecule has 36 heavy (non-hydrogen) atoms. The van der Waals surface area contributed by atoms with Crippen LogP contribution in [0.5, 0.6) is 0 Å². The highest BCUT2D eigenvalue weighted by Gasteiger charge is 2.31. The second kappa shape index (κ2) is 12.0. The van der Waals surface area contributed by atoms with Crippen LogP contribution in [0.15, 0.2) is 42.5 Å². The lowest BCUT2D eigenvalue weighted by molar-refractivity contribution is -0.139. The fourth-order valence-electron chi connectivity index (χ4n) is 4.19. The fourth-order valence-corrected chi connectivity index (χ4v) is 5.16. The molecule has 2 amide bonds. The van der Waals surface area contributed by atoms with Gasteiger partial charge in [0.15, 0.2) is 11.6 Å². The van der Waals surface area contributed by atoms with Crippen molar-refractivity contribution < 1.29 is 26.8 Å². The van der Waals surface area contributed by atoms with Crippen LogP contribution in [0.2, 0.25) is 5.02 Å². The van der Waals surface area contributed by atoms with E-state index in [1.165, 1.54) is 4.90 Å². The second-order valence-electron chi connectivity index (χ2n) is 9.04. The summed E-state index contributed by atoms with van der Waals surface area (Å²) in [5.74, 6) is -3.41. The molecule has 0 aliphatic heterocycles. The molecule has 1 aliphatic carbocycles. The maximum atomic E-state index is 13.8. The van der Waals surface area contributed by atoms with E-state index in [0.717, 1.165) is 50.5 Å². The van der Waals surface area contributed by atoms with Crippen LogP contribution in [0, 0.1) is 11.6 Å². The van der Waals surface area contributed by atoms with E-state index >= 15 is 0 Å². The lowest BCUT2D eigenvalue weighted by atomic mass is 9.95. The molecule has 2 aromatic rings. The first-order valence-electron chi connectivity index (χ1n) is 11.7. The molecule has 11 heteroatoms. The van der Waals surface area contributed by atoms with Crippen molar-refractivity contribution >= 4 is 39.1 Å². The number of hydrogen-bond acceptors (Lipinski definition) is 4. The van der Waals surface area contributed by atoms with Crippen LogP contribution >= 0.6 is 11.6 Å². The van der Waals surface area contributed by atoms with Gasteiger partial charge in [-0.1, -0.05) is 43.0 Å². The Labute approximate surface area is 215 Å². The topological polar surface area (TPSA) is 86.8 Å². The number of rotatable bonds is 9. The average Bonchev–Trinajstić information content (AvgIpc) is 2.83. The SMILES string of the molecule is C[C@@H](C(=O)NC1CCCCC1)N(Cc1ccc(Cl)cc1)C(=O)CN(c1ccc(F)c(F)c1)S(C)(=O)=O. The van der Waals surface area contributed by atoms with E-state index in [-0.39, 0.29) is 24.2 Å². The van der Waals surface area contributed by atoms with Crippen LogP contribution in [0.4, 0.5) is 14.5 Å². The molecule has 0 spiro atoms. The maximum Gasteiger partial charge on any atom is 0.244 e. The first-order valence-corrected chi connectivity index (χ1v) is 14.0. The Morgan fingerprint density at radius 1 is 1.06 bits per heavy atom. The predicted octanol–water partition coefficient (Wildman–Crippen LogP) is 4.25. The predicted molar refractivity (Wildman–Crippen MR) is 135 cm³/mol. The van der Waals surface area contributed by atoms with Gasteiger partial charge in [0.2, 0.25) is 21.8 Å².